The van der Waals surface area contributed by atoms with Gasteiger partial charge in [0.15, 0.2) is 0 Å². The second-order valence-electron chi connectivity index (χ2n) is 6.11. The minimum absolute atomic E-state index is 0.338. The van der Waals surface area contributed by atoms with Crippen molar-refractivity contribution in [3.8, 4) is 22.8 Å². The van der Waals surface area contributed by atoms with Crippen LogP contribution < -0.4 is 4.74 Å². The van der Waals surface area contributed by atoms with Gasteiger partial charge in [-0.2, -0.15) is 9.78 Å². The normalized spacial score (nSPS) is 12.3. The third-order valence-corrected chi connectivity index (χ3v) is 4.32. The standard InChI is InChI=1S/C20H17FN4O2/c1-12(26)19-15-5-3-4-6-18(15)25(24-19)20-22-10-13(11-23-20)16-9-14(27-2)7-8-17(16)21/h3-12,26H,1-2H3. The van der Waals surface area contributed by atoms with Crippen LogP contribution in [0.1, 0.15) is 18.7 Å². The molecule has 0 bridgehead atoms. The van der Waals surface area contributed by atoms with Crippen molar-refractivity contribution in [2.45, 2.75) is 13.0 Å². The van der Waals surface area contributed by atoms with Gasteiger partial charge in [0, 0.05) is 28.9 Å². The van der Waals surface area contributed by atoms with E-state index in [-0.39, 0.29) is 5.82 Å². The Labute approximate surface area is 154 Å². The molecule has 2 aromatic heterocycles. The lowest BCUT2D eigenvalue weighted by Gasteiger charge is -2.07. The Hall–Kier alpha value is -3.32. The molecule has 4 rings (SSSR count). The summed E-state index contributed by atoms with van der Waals surface area (Å²) in [6.07, 6.45) is 2.36. The number of fused-ring (bicyclic) bond motifs is 1. The molecule has 0 aliphatic carbocycles. The number of methoxy groups -OCH3 is 1. The van der Waals surface area contributed by atoms with E-state index < -0.39 is 6.10 Å². The third kappa shape index (κ3) is 3.02. The number of nitrogens with zero attached hydrogens (tertiary/aromatic N) is 4. The van der Waals surface area contributed by atoms with Crippen LogP contribution >= 0.6 is 0 Å². The van der Waals surface area contributed by atoms with Crippen LogP contribution in [0, 0.1) is 5.82 Å². The minimum atomic E-state index is -0.721. The molecule has 4 aromatic rings. The summed E-state index contributed by atoms with van der Waals surface area (Å²) in [4.78, 5) is 8.69. The molecule has 0 amide bonds. The lowest BCUT2D eigenvalue weighted by atomic mass is 10.1. The van der Waals surface area contributed by atoms with Crippen molar-refractivity contribution in [2.24, 2.45) is 0 Å². The van der Waals surface area contributed by atoms with Gasteiger partial charge in [-0.05, 0) is 31.2 Å². The van der Waals surface area contributed by atoms with E-state index in [0.29, 0.717) is 28.5 Å². The molecule has 0 aliphatic heterocycles. The number of benzene rings is 2. The molecule has 1 unspecified atom stereocenters. The highest BCUT2D eigenvalue weighted by Crippen LogP contribution is 2.28. The second kappa shape index (κ2) is 6.77. The van der Waals surface area contributed by atoms with Gasteiger partial charge >= 0.3 is 0 Å². The first kappa shape index (κ1) is 17.1. The molecule has 136 valence electrons. The van der Waals surface area contributed by atoms with Gasteiger partial charge in [-0.25, -0.2) is 14.4 Å². The van der Waals surface area contributed by atoms with Crippen molar-refractivity contribution in [2.75, 3.05) is 7.11 Å². The van der Waals surface area contributed by atoms with E-state index in [2.05, 4.69) is 15.1 Å². The van der Waals surface area contributed by atoms with Crippen molar-refractivity contribution >= 4 is 10.9 Å². The Kier molecular flexibility index (Phi) is 4.29. The van der Waals surface area contributed by atoms with Crippen molar-refractivity contribution < 1.29 is 14.2 Å². The maximum Gasteiger partial charge on any atom is 0.251 e. The van der Waals surface area contributed by atoms with Gasteiger partial charge in [-0.3, -0.25) is 0 Å². The van der Waals surface area contributed by atoms with E-state index in [4.69, 9.17) is 4.74 Å². The number of aromatic nitrogens is 4. The van der Waals surface area contributed by atoms with Crippen LogP contribution in [0.15, 0.2) is 54.9 Å². The Morgan fingerprint density at radius 2 is 1.85 bits per heavy atom. The summed E-state index contributed by atoms with van der Waals surface area (Å²) in [5.74, 6) is 0.508. The molecule has 1 atom stereocenters. The fourth-order valence-electron chi connectivity index (χ4n) is 2.97. The molecule has 0 saturated carbocycles. The molecule has 27 heavy (non-hydrogen) atoms. The molecule has 2 aromatic carbocycles. The molecule has 2 heterocycles. The van der Waals surface area contributed by atoms with Crippen LogP contribution in [-0.4, -0.2) is 32.0 Å². The second-order valence-corrected chi connectivity index (χ2v) is 6.11. The topological polar surface area (TPSA) is 73.1 Å². The Bertz CT molecular complexity index is 1110. The van der Waals surface area contributed by atoms with E-state index in [0.717, 1.165) is 10.9 Å². The summed E-state index contributed by atoms with van der Waals surface area (Å²) in [6.45, 7) is 1.66. The fraction of sp³-hybridized carbons (Fsp3) is 0.150. The van der Waals surface area contributed by atoms with Crippen LogP contribution in [0.5, 0.6) is 5.75 Å². The number of aliphatic hydroxyl groups excluding tert-OH is 1. The number of hydrogen-bond donors (Lipinski definition) is 1. The van der Waals surface area contributed by atoms with Crippen molar-refractivity contribution in [1.82, 2.24) is 19.7 Å². The maximum absolute atomic E-state index is 14.2. The van der Waals surface area contributed by atoms with E-state index in [1.807, 2.05) is 24.3 Å². The van der Waals surface area contributed by atoms with E-state index in [9.17, 15) is 9.50 Å². The summed E-state index contributed by atoms with van der Waals surface area (Å²) in [5, 5.41) is 15.3. The first-order valence-electron chi connectivity index (χ1n) is 8.40. The molecule has 0 fully saturated rings. The summed E-state index contributed by atoms with van der Waals surface area (Å²) in [7, 11) is 1.53. The number of halogens is 1. The van der Waals surface area contributed by atoms with Gasteiger partial charge in [0.05, 0.1) is 24.4 Å². The molecule has 0 saturated heterocycles. The van der Waals surface area contributed by atoms with Gasteiger partial charge in [-0.1, -0.05) is 18.2 Å². The average Bonchev–Trinajstić information content (AvgIpc) is 3.09. The quantitative estimate of drug-likeness (QED) is 0.598. The number of hydrogen-bond acceptors (Lipinski definition) is 5. The van der Waals surface area contributed by atoms with Gasteiger partial charge < -0.3 is 9.84 Å². The zero-order chi connectivity index (χ0) is 19.0. The third-order valence-electron chi connectivity index (χ3n) is 4.32. The lowest BCUT2D eigenvalue weighted by molar-refractivity contribution is 0.195. The fourth-order valence-corrected chi connectivity index (χ4v) is 2.97. The van der Waals surface area contributed by atoms with E-state index in [1.54, 1.807) is 36.1 Å². The van der Waals surface area contributed by atoms with Crippen LogP contribution in [0.25, 0.3) is 28.0 Å². The van der Waals surface area contributed by atoms with Gasteiger partial charge in [0.1, 0.15) is 11.6 Å². The number of aliphatic hydroxyl groups is 1. The zero-order valence-electron chi connectivity index (χ0n) is 14.8. The first-order valence-corrected chi connectivity index (χ1v) is 8.40. The molecule has 0 spiro atoms. The van der Waals surface area contributed by atoms with E-state index >= 15 is 0 Å². The monoisotopic (exact) mass is 364 g/mol. The largest absolute Gasteiger partial charge is 0.497 e. The highest BCUT2D eigenvalue weighted by atomic mass is 19.1. The molecule has 0 aliphatic rings. The Balaban J connectivity index is 1.79. The maximum atomic E-state index is 14.2. The average molecular weight is 364 g/mol. The zero-order valence-corrected chi connectivity index (χ0v) is 14.8. The molecule has 1 N–H and O–H groups in total. The SMILES string of the molecule is COc1ccc(F)c(-c2cnc(-n3nc(C(C)O)c4ccccc43)nc2)c1. The van der Waals surface area contributed by atoms with Gasteiger partial charge in [0.2, 0.25) is 0 Å². The molecular formula is C20H17FN4O2. The Morgan fingerprint density at radius 3 is 2.56 bits per heavy atom. The van der Waals surface area contributed by atoms with Crippen molar-refractivity contribution in [1.29, 1.82) is 0 Å². The van der Waals surface area contributed by atoms with Crippen molar-refractivity contribution in [3.63, 3.8) is 0 Å². The van der Waals surface area contributed by atoms with E-state index in [1.165, 1.54) is 13.2 Å². The van der Waals surface area contributed by atoms with Crippen LogP contribution in [-0.2, 0) is 0 Å². The number of ether oxygens (including phenoxy) is 1. The highest BCUT2D eigenvalue weighted by molar-refractivity contribution is 5.83. The molecule has 7 heteroatoms. The number of rotatable bonds is 4. The summed E-state index contributed by atoms with van der Waals surface area (Å²) < 4.78 is 20.9. The lowest BCUT2D eigenvalue weighted by Crippen LogP contribution is -2.04. The highest BCUT2D eigenvalue weighted by Gasteiger charge is 2.16. The van der Waals surface area contributed by atoms with Crippen LogP contribution in [0.3, 0.4) is 0 Å². The molecule has 6 nitrogen and oxygen atoms in total. The number of para-hydroxylation sites is 1. The predicted octanol–water partition coefficient (Wildman–Crippen LogP) is 3.68. The molecular weight excluding hydrogens is 347 g/mol. The first-order chi connectivity index (χ1) is 13.1. The van der Waals surface area contributed by atoms with Gasteiger partial charge in [0.25, 0.3) is 5.95 Å². The predicted molar refractivity (Wildman–Crippen MR) is 99.2 cm³/mol. The summed E-state index contributed by atoms with van der Waals surface area (Å²) >= 11 is 0. The van der Waals surface area contributed by atoms with Crippen LogP contribution in [0.2, 0.25) is 0 Å². The summed E-state index contributed by atoms with van der Waals surface area (Å²) in [6, 6.07) is 12.0. The van der Waals surface area contributed by atoms with Crippen molar-refractivity contribution in [3.05, 3.63) is 66.4 Å². The van der Waals surface area contributed by atoms with Crippen LogP contribution in [0.4, 0.5) is 4.39 Å². The smallest absolute Gasteiger partial charge is 0.251 e. The summed E-state index contributed by atoms with van der Waals surface area (Å²) in [5.41, 5.74) is 2.23. The van der Waals surface area contributed by atoms with Gasteiger partial charge in [-0.15, -0.1) is 0 Å². The Morgan fingerprint density at radius 1 is 1.11 bits per heavy atom. The molecule has 0 radical (unpaired) electrons. The minimum Gasteiger partial charge on any atom is -0.497 e.